The van der Waals surface area contributed by atoms with E-state index in [1.54, 1.807) is 0 Å². The molecule has 0 aliphatic carbocycles. The number of carboxylic acids is 1. The largest absolute Gasteiger partial charge is 0.480 e. The molecular formula is C34H30N2O5. The van der Waals surface area contributed by atoms with Crippen LogP contribution >= 0.6 is 0 Å². The lowest BCUT2D eigenvalue weighted by Gasteiger charge is -2.22. The van der Waals surface area contributed by atoms with Crippen molar-refractivity contribution < 1.29 is 24.2 Å². The van der Waals surface area contributed by atoms with Gasteiger partial charge >= 0.3 is 12.1 Å². The third kappa shape index (κ3) is 6.89. The molecule has 0 fully saturated rings. The van der Waals surface area contributed by atoms with Gasteiger partial charge in [0.2, 0.25) is 5.91 Å². The van der Waals surface area contributed by atoms with Crippen molar-refractivity contribution in [3.8, 4) is 0 Å². The molecule has 0 aliphatic heterocycles. The Labute approximate surface area is 237 Å². The SMILES string of the molecule is O=C(N[C@H](Cc1ccccc1)C(=O)N[C@@H](Cc1c2ccccc2cc2ccccc12)C(=O)O)OCc1ccccc1. The van der Waals surface area contributed by atoms with E-state index in [2.05, 4.69) is 16.7 Å². The molecule has 206 valence electrons. The first-order valence-electron chi connectivity index (χ1n) is 13.4. The van der Waals surface area contributed by atoms with Crippen LogP contribution < -0.4 is 10.6 Å². The summed E-state index contributed by atoms with van der Waals surface area (Å²) in [5.74, 6) is -1.78. The van der Waals surface area contributed by atoms with Crippen molar-refractivity contribution >= 4 is 39.5 Å². The second kappa shape index (κ2) is 12.8. The molecule has 3 N–H and O–H groups in total. The first kappa shape index (κ1) is 27.4. The van der Waals surface area contributed by atoms with E-state index in [1.807, 2.05) is 109 Å². The normalized spacial score (nSPS) is 12.4. The highest BCUT2D eigenvalue weighted by molar-refractivity contribution is 6.03. The third-order valence-electron chi connectivity index (χ3n) is 7.01. The van der Waals surface area contributed by atoms with E-state index in [0.717, 1.165) is 38.2 Å². The van der Waals surface area contributed by atoms with Crippen molar-refractivity contribution in [2.24, 2.45) is 0 Å². The van der Waals surface area contributed by atoms with Gasteiger partial charge in [0.05, 0.1) is 0 Å². The highest BCUT2D eigenvalue weighted by Gasteiger charge is 2.28. The Morgan fingerprint density at radius 3 is 1.76 bits per heavy atom. The maximum atomic E-state index is 13.5. The van der Waals surface area contributed by atoms with E-state index in [9.17, 15) is 19.5 Å². The van der Waals surface area contributed by atoms with Crippen molar-refractivity contribution in [3.05, 3.63) is 132 Å². The molecule has 7 nitrogen and oxygen atoms in total. The molecule has 2 amide bonds. The minimum atomic E-state index is -1.22. The summed E-state index contributed by atoms with van der Waals surface area (Å²) >= 11 is 0. The summed E-state index contributed by atoms with van der Waals surface area (Å²) in [5.41, 5.74) is 2.45. The lowest BCUT2D eigenvalue weighted by Crippen LogP contribution is -2.53. The number of carboxylic acid groups (broad SMARTS) is 1. The van der Waals surface area contributed by atoms with Crippen molar-refractivity contribution in [1.82, 2.24) is 10.6 Å². The van der Waals surface area contributed by atoms with Gasteiger partial charge in [0.25, 0.3) is 0 Å². The van der Waals surface area contributed by atoms with Crippen molar-refractivity contribution in [1.29, 1.82) is 0 Å². The molecule has 2 atom stereocenters. The number of benzene rings is 5. The van der Waals surface area contributed by atoms with Gasteiger partial charge < -0.3 is 20.5 Å². The van der Waals surface area contributed by atoms with E-state index < -0.39 is 30.1 Å². The molecule has 41 heavy (non-hydrogen) atoms. The molecule has 0 unspecified atom stereocenters. The molecule has 0 saturated heterocycles. The van der Waals surface area contributed by atoms with E-state index in [0.29, 0.717) is 0 Å². The summed E-state index contributed by atoms with van der Waals surface area (Å²) in [6.45, 7) is 0.0399. The quantitative estimate of drug-likeness (QED) is 0.197. The second-order valence-electron chi connectivity index (χ2n) is 9.85. The standard InChI is InChI=1S/C34H30N2O5/c37-32(30(19-23-11-3-1-4-12-23)36-34(40)41-22-24-13-5-2-6-14-24)35-31(33(38)39)21-29-27-17-9-7-15-25(27)20-26-16-8-10-18-28(26)29/h1-18,20,30-31H,19,21-22H2,(H,35,37)(H,36,40)(H,38,39)/t30-,31+/m1/s1. The molecule has 0 spiro atoms. The molecule has 0 bridgehead atoms. The average Bonchev–Trinajstić information content (AvgIpc) is 3.00. The Morgan fingerprint density at radius 2 is 1.17 bits per heavy atom. The molecule has 0 heterocycles. The van der Waals surface area contributed by atoms with Gasteiger partial charge in [-0.3, -0.25) is 4.79 Å². The predicted octanol–water partition coefficient (Wildman–Crippen LogP) is 5.64. The van der Waals surface area contributed by atoms with Gasteiger partial charge in [0, 0.05) is 12.8 Å². The Kier molecular flexibility index (Phi) is 8.55. The molecule has 0 aromatic heterocycles. The Morgan fingerprint density at radius 1 is 0.634 bits per heavy atom. The zero-order valence-electron chi connectivity index (χ0n) is 22.3. The van der Waals surface area contributed by atoms with E-state index in [1.165, 1.54) is 0 Å². The van der Waals surface area contributed by atoms with Crippen LogP contribution in [0.15, 0.2) is 115 Å². The number of fused-ring (bicyclic) bond motifs is 2. The van der Waals surface area contributed by atoms with Crippen molar-refractivity contribution in [2.45, 2.75) is 31.5 Å². The number of hydrogen-bond donors (Lipinski definition) is 3. The number of aliphatic carboxylic acids is 1. The average molecular weight is 547 g/mol. The minimum Gasteiger partial charge on any atom is -0.480 e. The summed E-state index contributed by atoms with van der Waals surface area (Å²) in [5, 5.41) is 19.3. The van der Waals surface area contributed by atoms with Gasteiger partial charge in [-0.2, -0.15) is 0 Å². The number of ether oxygens (including phenoxy) is 1. The fourth-order valence-electron chi connectivity index (χ4n) is 4.97. The van der Waals surface area contributed by atoms with Gasteiger partial charge in [-0.15, -0.1) is 0 Å². The predicted molar refractivity (Wildman–Crippen MR) is 158 cm³/mol. The van der Waals surface area contributed by atoms with Crippen molar-refractivity contribution in [3.63, 3.8) is 0 Å². The maximum absolute atomic E-state index is 13.5. The van der Waals surface area contributed by atoms with Crippen LogP contribution in [-0.4, -0.2) is 35.2 Å². The number of alkyl carbamates (subject to hydrolysis) is 1. The maximum Gasteiger partial charge on any atom is 0.408 e. The molecule has 5 rings (SSSR count). The second-order valence-corrected chi connectivity index (χ2v) is 9.85. The van der Waals surface area contributed by atoms with E-state index >= 15 is 0 Å². The summed E-state index contributed by atoms with van der Waals surface area (Å²) in [4.78, 5) is 38.7. The fourth-order valence-corrected chi connectivity index (χ4v) is 4.97. The first-order valence-corrected chi connectivity index (χ1v) is 13.4. The zero-order valence-corrected chi connectivity index (χ0v) is 22.3. The molecule has 0 aliphatic rings. The third-order valence-corrected chi connectivity index (χ3v) is 7.01. The van der Waals surface area contributed by atoms with Gasteiger partial charge in [-0.1, -0.05) is 109 Å². The smallest absolute Gasteiger partial charge is 0.408 e. The lowest BCUT2D eigenvalue weighted by atomic mass is 9.92. The molecule has 0 saturated carbocycles. The topological polar surface area (TPSA) is 105 Å². The Balaban J connectivity index is 1.38. The Bertz CT molecular complexity index is 1620. The fraction of sp³-hybridized carbons (Fsp3) is 0.147. The Hall–Kier alpha value is -5.17. The molecular weight excluding hydrogens is 516 g/mol. The van der Waals surface area contributed by atoms with Crippen LogP contribution in [-0.2, 0) is 33.8 Å². The van der Waals surface area contributed by atoms with Crippen LogP contribution in [0.4, 0.5) is 4.79 Å². The van der Waals surface area contributed by atoms with Crippen LogP contribution in [0.25, 0.3) is 21.5 Å². The number of carbonyl (C=O) groups is 3. The van der Waals surface area contributed by atoms with Crippen molar-refractivity contribution in [2.75, 3.05) is 0 Å². The zero-order chi connectivity index (χ0) is 28.6. The van der Waals surface area contributed by atoms with E-state index in [4.69, 9.17) is 4.74 Å². The number of nitrogens with one attached hydrogen (secondary N) is 2. The van der Waals surface area contributed by atoms with Gasteiger partial charge in [0.15, 0.2) is 0 Å². The molecule has 5 aromatic rings. The van der Waals surface area contributed by atoms with Gasteiger partial charge in [0.1, 0.15) is 18.7 Å². The van der Waals surface area contributed by atoms with Gasteiger partial charge in [-0.05, 0) is 44.3 Å². The number of hydrogen-bond acceptors (Lipinski definition) is 4. The van der Waals surface area contributed by atoms with E-state index in [-0.39, 0.29) is 19.4 Å². The summed E-state index contributed by atoms with van der Waals surface area (Å²) in [6.07, 6.45) is -0.535. The number of carbonyl (C=O) groups excluding carboxylic acids is 2. The minimum absolute atomic E-state index is 0.0399. The number of rotatable bonds is 10. The van der Waals surface area contributed by atoms with Crippen LogP contribution in [0.5, 0.6) is 0 Å². The summed E-state index contributed by atoms with van der Waals surface area (Å²) in [7, 11) is 0. The monoisotopic (exact) mass is 546 g/mol. The van der Waals surface area contributed by atoms with Crippen LogP contribution in [0, 0.1) is 0 Å². The number of amides is 2. The summed E-state index contributed by atoms with van der Waals surface area (Å²) in [6, 6.07) is 33.8. The van der Waals surface area contributed by atoms with Crippen LogP contribution in [0.3, 0.4) is 0 Å². The highest BCUT2D eigenvalue weighted by atomic mass is 16.5. The molecule has 0 radical (unpaired) electrons. The molecule has 7 heteroatoms. The lowest BCUT2D eigenvalue weighted by molar-refractivity contribution is -0.142. The highest BCUT2D eigenvalue weighted by Crippen LogP contribution is 2.29. The molecule has 5 aromatic carbocycles. The van der Waals surface area contributed by atoms with Gasteiger partial charge in [-0.25, -0.2) is 9.59 Å². The van der Waals surface area contributed by atoms with Crippen LogP contribution in [0.1, 0.15) is 16.7 Å². The first-order chi connectivity index (χ1) is 20.0. The summed E-state index contributed by atoms with van der Waals surface area (Å²) < 4.78 is 5.34. The van der Waals surface area contributed by atoms with Crippen LogP contribution in [0.2, 0.25) is 0 Å².